The fourth-order valence-electron chi connectivity index (χ4n) is 1.35. The second-order valence-corrected chi connectivity index (χ2v) is 4.88. The predicted molar refractivity (Wildman–Crippen MR) is 51.5 cm³/mol. The third-order valence-corrected chi connectivity index (χ3v) is 4.30. The maximum atomic E-state index is 9.12. The van der Waals surface area contributed by atoms with Gasteiger partial charge < -0.3 is 0 Å². The summed E-state index contributed by atoms with van der Waals surface area (Å²) in [7, 11) is 0. The summed E-state index contributed by atoms with van der Waals surface area (Å²) in [5, 5.41) is 19.0. The number of hydrogen-bond donors (Lipinski definition) is 1. The van der Waals surface area contributed by atoms with E-state index >= 15 is 0 Å². The molecule has 0 spiro atoms. The molecule has 2 aromatic rings. The van der Waals surface area contributed by atoms with E-state index in [1.807, 2.05) is 24.3 Å². The Balaban J connectivity index is 2.83. The van der Waals surface area contributed by atoms with Crippen molar-refractivity contribution < 1.29 is 5.11 Å². The first-order chi connectivity index (χ1) is 6.36. The first-order valence-electron chi connectivity index (χ1n) is 3.88. The van der Waals surface area contributed by atoms with E-state index in [1.54, 1.807) is 0 Å². The van der Waals surface area contributed by atoms with Gasteiger partial charge in [-0.3, -0.25) is 0 Å². The first-order valence-corrected chi connectivity index (χ1v) is 5.59. The number of nitriles is 1. The van der Waals surface area contributed by atoms with Gasteiger partial charge in [0, 0.05) is 0 Å². The standard InChI is InChI=1S/C10H7NOSe/c11-5-10-8(6-12)7-3-1-2-4-9(7)13-10/h1-4,12H,6H2. The van der Waals surface area contributed by atoms with Crippen LogP contribution < -0.4 is 0 Å². The van der Waals surface area contributed by atoms with Crippen LogP contribution in [-0.2, 0) is 6.61 Å². The molecule has 0 unspecified atom stereocenters. The summed E-state index contributed by atoms with van der Waals surface area (Å²) in [6, 6.07) is 10.1. The summed E-state index contributed by atoms with van der Waals surface area (Å²) >= 11 is 0.101. The Morgan fingerprint density at radius 2 is 2.15 bits per heavy atom. The number of benzene rings is 1. The molecule has 1 heterocycles. The van der Waals surface area contributed by atoms with Gasteiger partial charge in [-0.1, -0.05) is 0 Å². The fourth-order valence-corrected chi connectivity index (χ4v) is 3.47. The van der Waals surface area contributed by atoms with Crippen molar-refractivity contribution in [1.29, 1.82) is 5.26 Å². The Hall–Kier alpha value is -1.07. The van der Waals surface area contributed by atoms with Gasteiger partial charge in [-0.25, -0.2) is 0 Å². The Kier molecular flexibility index (Phi) is 2.20. The number of nitrogens with zero attached hydrogens (tertiary/aromatic N) is 1. The average Bonchev–Trinajstić information content (AvgIpc) is 2.55. The second-order valence-electron chi connectivity index (χ2n) is 2.68. The van der Waals surface area contributed by atoms with Gasteiger partial charge in [0.1, 0.15) is 0 Å². The van der Waals surface area contributed by atoms with Crippen molar-refractivity contribution in [2.45, 2.75) is 6.61 Å². The van der Waals surface area contributed by atoms with Gasteiger partial charge in [0.25, 0.3) is 0 Å². The zero-order chi connectivity index (χ0) is 9.26. The molecule has 2 rings (SSSR count). The fraction of sp³-hybridized carbons (Fsp3) is 0.100. The normalized spacial score (nSPS) is 10.2. The van der Waals surface area contributed by atoms with Crippen LogP contribution in [0.1, 0.15) is 10.0 Å². The van der Waals surface area contributed by atoms with E-state index in [-0.39, 0.29) is 21.1 Å². The van der Waals surface area contributed by atoms with E-state index < -0.39 is 0 Å². The molecule has 0 saturated carbocycles. The van der Waals surface area contributed by atoms with Crippen LogP contribution in [0.15, 0.2) is 24.3 Å². The van der Waals surface area contributed by atoms with Crippen molar-refractivity contribution >= 4 is 24.1 Å². The number of aliphatic hydroxyl groups excluding tert-OH is 1. The van der Waals surface area contributed by atoms with Crippen LogP contribution in [0.4, 0.5) is 0 Å². The predicted octanol–water partition coefficient (Wildman–Crippen LogP) is 1.26. The van der Waals surface area contributed by atoms with Gasteiger partial charge in [0.05, 0.1) is 0 Å². The van der Waals surface area contributed by atoms with Crippen LogP contribution in [0.3, 0.4) is 0 Å². The Labute approximate surface area is 81.8 Å². The van der Waals surface area contributed by atoms with Gasteiger partial charge in [-0.2, -0.15) is 0 Å². The number of rotatable bonds is 1. The molecule has 1 N–H and O–H groups in total. The average molecular weight is 236 g/mol. The van der Waals surface area contributed by atoms with Crippen LogP contribution >= 0.6 is 0 Å². The molecule has 3 heteroatoms. The Morgan fingerprint density at radius 1 is 1.38 bits per heavy atom. The van der Waals surface area contributed by atoms with Gasteiger partial charge in [-0.15, -0.1) is 0 Å². The number of hydrogen-bond acceptors (Lipinski definition) is 2. The molecule has 13 heavy (non-hydrogen) atoms. The molecule has 0 aliphatic carbocycles. The van der Waals surface area contributed by atoms with Crippen molar-refractivity contribution in [2.75, 3.05) is 0 Å². The summed E-state index contributed by atoms with van der Waals surface area (Å²) in [5.74, 6) is 0. The van der Waals surface area contributed by atoms with E-state index in [4.69, 9.17) is 10.4 Å². The SMILES string of the molecule is N#Cc1[se]c2ccccc2c1CO. The molecule has 2 nitrogen and oxygen atoms in total. The van der Waals surface area contributed by atoms with Crippen molar-refractivity contribution in [3.8, 4) is 6.07 Å². The topological polar surface area (TPSA) is 44.0 Å². The Bertz CT molecular complexity index is 481. The molecule has 1 aromatic carbocycles. The molecule has 0 aliphatic heterocycles. The molecule has 0 fully saturated rings. The van der Waals surface area contributed by atoms with Crippen molar-refractivity contribution in [3.05, 3.63) is 34.3 Å². The zero-order valence-corrected chi connectivity index (χ0v) is 8.53. The summed E-state index contributed by atoms with van der Waals surface area (Å²) in [5.41, 5.74) is 0.818. The van der Waals surface area contributed by atoms with Crippen LogP contribution in [0.2, 0.25) is 0 Å². The zero-order valence-electron chi connectivity index (χ0n) is 6.82. The molecule has 1 aromatic heterocycles. The maximum absolute atomic E-state index is 9.12. The molecule has 0 amide bonds. The number of fused-ring (bicyclic) bond motifs is 1. The third-order valence-electron chi connectivity index (χ3n) is 1.96. The monoisotopic (exact) mass is 237 g/mol. The van der Waals surface area contributed by atoms with Gasteiger partial charge in [0.15, 0.2) is 0 Å². The first kappa shape index (κ1) is 8.52. The van der Waals surface area contributed by atoms with Crippen LogP contribution in [0.25, 0.3) is 9.65 Å². The van der Waals surface area contributed by atoms with Crippen molar-refractivity contribution in [3.63, 3.8) is 0 Å². The van der Waals surface area contributed by atoms with E-state index in [9.17, 15) is 0 Å². The van der Waals surface area contributed by atoms with E-state index in [0.717, 1.165) is 15.4 Å². The summed E-state index contributed by atoms with van der Waals surface area (Å²) in [4.78, 5) is 0. The van der Waals surface area contributed by atoms with Crippen molar-refractivity contribution in [1.82, 2.24) is 0 Å². The summed E-state index contributed by atoms with van der Waals surface area (Å²) in [6.45, 7) is -0.0261. The van der Waals surface area contributed by atoms with Crippen LogP contribution in [0.5, 0.6) is 0 Å². The van der Waals surface area contributed by atoms with Crippen LogP contribution in [-0.4, -0.2) is 19.6 Å². The van der Waals surface area contributed by atoms with Gasteiger partial charge in [0.2, 0.25) is 0 Å². The van der Waals surface area contributed by atoms with Crippen LogP contribution in [0, 0.1) is 11.3 Å². The summed E-state index contributed by atoms with van der Waals surface area (Å²) < 4.78 is 1.96. The van der Waals surface area contributed by atoms with Gasteiger partial charge >= 0.3 is 81.5 Å². The Morgan fingerprint density at radius 3 is 2.85 bits per heavy atom. The second kappa shape index (κ2) is 3.35. The quantitative estimate of drug-likeness (QED) is 0.757. The molecular formula is C10H7NOSe. The summed E-state index contributed by atoms with van der Waals surface area (Å²) in [6.07, 6.45) is 0. The minimum atomic E-state index is -0.0261. The molecule has 64 valence electrons. The minimum absolute atomic E-state index is 0.0261. The molecule has 0 bridgehead atoms. The molecule has 0 saturated heterocycles. The van der Waals surface area contributed by atoms with E-state index in [0.29, 0.717) is 0 Å². The van der Waals surface area contributed by atoms with E-state index in [2.05, 4.69) is 6.07 Å². The number of aliphatic hydroxyl groups is 1. The molecular weight excluding hydrogens is 229 g/mol. The molecule has 0 atom stereocenters. The van der Waals surface area contributed by atoms with Crippen molar-refractivity contribution in [2.24, 2.45) is 0 Å². The molecule has 0 radical (unpaired) electrons. The molecule has 0 aliphatic rings. The third kappa shape index (κ3) is 1.30. The van der Waals surface area contributed by atoms with E-state index in [1.165, 1.54) is 4.26 Å². The van der Waals surface area contributed by atoms with Gasteiger partial charge in [-0.05, 0) is 0 Å².